The molecule has 0 spiro atoms. The maximum atomic E-state index is 15.4. The first kappa shape index (κ1) is 39.0. The third kappa shape index (κ3) is 9.49. The SMILES string of the molecule is O=C(C(N=C(c1ccccc1)N1CCOCC1)=C(c1ccccc1)[P+](c1ccccc1)(c1ccccc1)c1ccccc1)N1CCOCC1.[O-][Cl+3]([O-])([O-])[O-]. The summed E-state index contributed by atoms with van der Waals surface area (Å²) in [5.74, 6) is 0.692. The molecule has 2 saturated heterocycles. The summed E-state index contributed by atoms with van der Waals surface area (Å²) in [6.07, 6.45) is 0. The molecule has 0 bridgehead atoms. The van der Waals surface area contributed by atoms with E-state index >= 15 is 4.79 Å². The van der Waals surface area contributed by atoms with Crippen molar-refractivity contribution in [2.75, 3.05) is 52.6 Å². The van der Waals surface area contributed by atoms with Crippen LogP contribution < -0.4 is 34.5 Å². The van der Waals surface area contributed by atoms with Crippen LogP contribution in [0, 0.1) is 10.2 Å². The van der Waals surface area contributed by atoms with Crippen LogP contribution in [0.4, 0.5) is 0 Å². The maximum absolute atomic E-state index is 15.4. The van der Waals surface area contributed by atoms with Gasteiger partial charge in [-0.3, -0.25) is 4.79 Å². The van der Waals surface area contributed by atoms with Crippen molar-refractivity contribution in [1.82, 2.24) is 9.80 Å². The molecule has 0 atom stereocenters. The number of amides is 1. The molecule has 278 valence electrons. The first-order valence-electron chi connectivity index (χ1n) is 17.6. The molecule has 1 amide bonds. The van der Waals surface area contributed by atoms with Gasteiger partial charge in [-0.2, -0.15) is 0 Å². The average molecular weight is 766 g/mol. The second-order valence-electron chi connectivity index (χ2n) is 12.4. The fourth-order valence-corrected chi connectivity index (χ4v) is 11.3. The summed E-state index contributed by atoms with van der Waals surface area (Å²) in [7, 11) is -7.73. The molecule has 0 radical (unpaired) electrons. The van der Waals surface area contributed by atoms with Crippen molar-refractivity contribution in [2.24, 2.45) is 4.99 Å². The Bertz CT molecular complexity index is 1890. The molecule has 0 N–H and O–H groups in total. The van der Waals surface area contributed by atoms with E-state index in [-0.39, 0.29) is 5.91 Å². The molecule has 5 aromatic carbocycles. The first-order chi connectivity index (χ1) is 26.3. The summed E-state index contributed by atoms with van der Waals surface area (Å²) >= 11 is 0. The van der Waals surface area contributed by atoms with Gasteiger partial charge in [-0.15, -0.1) is 10.2 Å². The van der Waals surface area contributed by atoms with Crippen LogP contribution in [0.2, 0.25) is 0 Å². The van der Waals surface area contributed by atoms with E-state index < -0.39 is 17.5 Å². The molecular weight excluding hydrogens is 725 g/mol. The Balaban J connectivity index is 0.000000934. The lowest BCUT2D eigenvalue weighted by atomic mass is 10.1. The Morgan fingerprint density at radius 3 is 1.24 bits per heavy atom. The largest absolute Gasteiger partial charge is 0.378 e. The Morgan fingerprint density at radius 2 is 0.852 bits per heavy atom. The summed E-state index contributed by atoms with van der Waals surface area (Å²) in [6, 6.07) is 52.8. The van der Waals surface area contributed by atoms with Crippen molar-refractivity contribution < 1.29 is 43.1 Å². The van der Waals surface area contributed by atoms with Gasteiger partial charge in [0.05, 0.1) is 26.4 Å². The van der Waals surface area contributed by atoms with E-state index in [4.69, 9.17) is 33.1 Å². The number of hydrogen-bond donors (Lipinski definition) is 0. The molecule has 2 aliphatic rings. The van der Waals surface area contributed by atoms with E-state index in [1.54, 1.807) is 0 Å². The van der Waals surface area contributed by atoms with Gasteiger partial charge >= 0.3 is 0 Å². The van der Waals surface area contributed by atoms with Crippen molar-refractivity contribution in [3.63, 3.8) is 0 Å². The number of carbonyl (C=O) groups excluding carboxylic acids is 1. The highest BCUT2D eigenvalue weighted by Gasteiger charge is 2.53. The number of rotatable bonds is 8. The number of carbonyl (C=O) groups is 1. The second kappa shape index (κ2) is 18.5. The molecule has 54 heavy (non-hydrogen) atoms. The number of nitrogens with zero attached hydrogens (tertiary/aromatic N) is 3. The molecule has 10 nitrogen and oxygen atoms in total. The van der Waals surface area contributed by atoms with Gasteiger partial charge in [-0.05, 0) is 36.4 Å². The number of ether oxygens (including phenoxy) is 2. The average Bonchev–Trinajstić information content (AvgIpc) is 3.22. The van der Waals surface area contributed by atoms with Crippen LogP contribution in [-0.2, 0) is 14.3 Å². The summed E-state index contributed by atoms with van der Waals surface area (Å²) in [5.41, 5.74) is 2.40. The summed E-state index contributed by atoms with van der Waals surface area (Å²) < 4.78 is 45.5. The summed E-state index contributed by atoms with van der Waals surface area (Å²) in [6.45, 7) is 4.57. The minimum absolute atomic E-state index is 0.0870. The highest BCUT2D eigenvalue weighted by Crippen LogP contribution is 2.67. The highest BCUT2D eigenvalue weighted by molar-refractivity contribution is 8.03. The van der Waals surface area contributed by atoms with Gasteiger partial charge in [0.25, 0.3) is 5.91 Å². The van der Waals surface area contributed by atoms with Gasteiger partial charge in [0.2, 0.25) is 0 Å². The normalized spacial score (nSPS) is 15.8. The number of benzene rings is 5. The zero-order valence-electron chi connectivity index (χ0n) is 29.6. The van der Waals surface area contributed by atoms with Crippen LogP contribution in [0.1, 0.15) is 11.1 Å². The number of halogens is 1. The Labute approximate surface area is 318 Å². The maximum Gasteiger partial charge on any atom is 0.276 e. The molecule has 2 heterocycles. The number of aliphatic imine (C=N–C) groups is 1. The predicted molar refractivity (Wildman–Crippen MR) is 201 cm³/mol. The molecular formula is C42H41ClN3O7P. The van der Waals surface area contributed by atoms with Crippen LogP contribution in [0.3, 0.4) is 0 Å². The van der Waals surface area contributed by atoms with Crippen molar-refractivity contribution in [2.45, 2.75) is 0 Å². The minimum Gasteiger partial charge on any atom is -0.378 e. The van der Waals surface area contributed by atoms with E-state index in [0.717, 1.165) is 38.2 Å². The van der Waals surface area contributed by atoms with Gasteiger partial charge in [0.1, 0.15) is 34.3 Å². The van der Waals surface area contributed by atoms with Crippen molar-refractivity contribution in [3.05, 3.63) is 168 Å². The van der Waals surface area contributed by atoms with Crippen LogP contribution in [0.15, 0.2) is 162 Å². The monoisotopic (exact) mass is 765 g/mol. The molecule has 0 unspecified atom stereocenters. The first-order valence-corrected chi connectivity index (χ1v) is 20.6. The lowest BCUT2D eigenvalue weighted by Crippen LogP contribution is -2.68. The van der Waals surface area contributed by atoms with E-state index in [1.165, 1.54) is 0 Å². The van der Waals surface area contributed by atoms with Crippen LogP contribution in [0.25, 0.3) is 5.31 Å². The smallest absolute Gasteiger partial charge is 0.276 e. The number of amidine groups is 1. The highest BCUT2D eigenvalue weighted by atomic mass is 35.7. The topological polar surface area (TPSA) is 147 Å². The second-order valence-corrected chi connectivity index (χ2v) is 16.5. The minimum atomic E-state index is -4.94. The van der Waals surface area contributed by atoms with Crippen LogP contribution in [-0.4, -0.2) is 74.1 Å². The summed E-state index contributed by atoms with van der Waals surface area (Å²) in [4.78, 5) is 25.2. The number of morpholine rings is 2. The Kier molecular flexibility index (Phi) is 13.4. The van der Waals surface area contributed by atoms with Gasteiger partial charge in [0, 0.05) is 37.3 Å². The zero-order chi connectivity index (χ0) is 37.8. The van der Waals surface area contributed by atoms with Gasteiger partial charge in [-0.25, -0.2) is 23.6 Å². The molecule has 12 heteroatoms. The zero-order valence-corrected chi connectivity index (χ0v) is 31.3. The quantitative estimate of drug-likeness (QED) is 0.0993. The lowest BCUT2D eigenvalue weighted by molar-refractivity contribution is -2.00. The molecule has 0 saturated carbocycles. The lowest BCUT2D eigenvalue weighted by Gasteiger charge is -2.34. The fraction of sp³-hybridized carbons (Fsp3) is 0.190. The molecule has 0 aliphatic carbocycles. The predicted octanol–water partition coefficient (Wildman–Crippen LogP) is 1.23. The van der Waals surface area contributed by atoms with E-state index in [9.17, 15) is 0 Å². The number of hydrogen-bond acceptors (Lipinski definition) is 8. The molecule has 0 aromatic heterocycles. The van der Waals surface area contributed by atoms with E-state index in [0.29, 0.717) is 58.3 Å². The molecule has 7 rings (SSSR count). The molecule has 2 fully saturated rings. The molecule has 5 aromatic rings. The van der Waals surface area contributed by atoms with Gasteiger partial charge in [0.15, 0.2) is 5.70 Å². The van der Waals surface area contributed by atoms with Crippen molar-refractivity contribution in [3.8, 4) is 0 Å². The van der Waals surface area contributed by atoms with Crippen molar-refractivity contribution in [1.29, 1.82) is 0 Å². The van der Waals surface area contributed by atoms with Gasteiger partial charge < -0.3 is 19.3 Å². The third-order valence-corrected chi connectivity index (χ3v) is 13.5. The van der Waals surface area contributed by atoms with E-state index in [2.05, 4.69) is 132 Å². The van der Waals surface area contributed by atoms with Crippen LogP contribution in [0.5, 0.6) is 0 Å². The van der Waals surface area contributed by atoms with Crippen LogP contribution >= 0.6 is 7.26 Å². The Hall–Kier alpha value is -4.74. The van der Waals surface area contributed by atoms with Crippen molar-refractivity contribution >= 4 is 40.2 Å². The Morgan fingerprint density at radius 1 is 0.519 bits per heavy atom. The summed E-state index contributed by atoms with van der Waals surface area (Å²) in [5, 5.41) is 4.40. The third-order valence-electron chi connectivity index (χ3n) is 9.10. The standard InChI is InChI=1S/C42H41N3O3P.ClHO4/c46-42(45-28-32-48-33-29-45)39(43-41(35-18-8-2-9-19-35)44-26-30-47-31-27-44)40(34-16-6-1-7-17-34)49(36-20-10-3-11-21-36,37-22-12-4-13-23-37)38-24-14-5-15-25-38;2-1(3,4)5/h1-25H,26-33H2;(H,2,3,4,5)/q+1;/p-1. The fourth-order valence-electron chi connectivity index (χ4n) is 6.78. The molecule has 2 aliphatic heterocycles. The van der Waals surface area contributed by atoms with E-state index in [1.807, 2.05) is 29.2 Å². The van der Waals surface area contributed by atoms with Gasteiger partial charge in [-0.1, -0.05) is 115 Å².